The summed E-state index contributed by atoms with van der Waals surface area (Å²) in [4.78, 5) is 19.1. The lowest BCUT2D eigenvalue weighted by Crippen LogP contribution is -2.08. The van der Waals surface area contributed by atoms with E-state index in [0.717, 1.165) is 16.9 Å². The molecule has 3 aromatic rings. The van der Waals surface area contributed by atoms with Crippen molar-refractivity contribution in [3.63, 3.8) is 0 Å². The van der Waals surface area contributed by atoms with Gasteiger partial charge in [-0.2, -0.15) is 0 Å². The van der Waals surface area contributed by atoms with Crippen molar-refractivity contribution in [2.24, 2.45) is 0 Å². The average molecular weight is 297 g/mol. The minimum atomic E-state index is -0.441. The Labute approximate surface area is 126 Å². The van der Waals surface area contributed by atoms with Crippen molar-refractivity contribution in [3.8, 4) is 0 Å². The number of nitro groups is 1. The summed E-state index contributed by atoms with van der Waals surface area (Å²) in [6.07, 6.45) is 6.12. The lowest BCUT2D eigenvalue weighted by Gasteiger charge is -2.04. The van der Waals surface area contributed by atoms with Crippen LogP contribution in [0.2, 0.25) is 0 Å². The molecule has 3 heterocycles. The molecule has 0 saturated heterocycles. The fourth-order valence-corrected chi connectivity index (χ4v) is 2.31. The average Bonchev–Trinajstić information content (AvgIpc) is 2.92. The van der Waals surface area contributed by atoms with Crippen molar-refractivity contribution in [2.75, 3.05) is 11.9 Å². The Bertz CT molecular complexity index is 828. The minimum absolute atomic E-state index is 0.0201. The standard InChI is InChI=1S/C15H15N5O2/c1-11-4-3-9-19-10-12(18-15(11)19)6-8-17-14-13(20(21)22)5-2-7-16-14/h2-5,7,9-10H,6,8H2,1H3,(H,16,17). The number of hydrogen-bond donors (Lipinski definition) is 1. The molecule has 0 aliphatic heterocycles. The quantitative estimate of drug-likeness (QED) is 0.578. The van der Waals surface area contributed by atoms with Crippen molar-refractivity contribution >= 4 is 17.2 Å². The van der Waals surface area contributed by atoms with Crippen LogP contribution < -0.4 is 5.32 Å². The second-order valence-corrected chi connectivity index (χ2v) is 4.96. The summed E-state index contributed by atoms with van der Waals surface area (Å²) in [5, 5.41) is 13.9. The molecule has 112 valence electrons. The minimum Gasteiger partial charge on any atom is -0.364 e. The number of fused-ring (bicyclic) bond motifs is 1. The molecule has 7 heteroatoms. The molecule has 0 aliphatic rings. The van der Waals surface area contributed by atoms with Gasteiger partial charge in [0.2, 0.25) is 5.82 Å². The molecule has 3 aromatic heterocycles. The third-order valence-corrected chi connectivity index (χ3v) is 3.38. The molecule has 22 heavy (non-hydrogen) atoms. The summed E-state index contributed by atoms with van der Waals surface area (Å²) in [6, 6.07) is 6.97. The summed E-state index contributed by atoms with van der Waals surface area (Å²) < 4.78 is 1.98. The van der Waals surface area contributed by atoms with Crippen molar-refractivity contribution in [2.45, 2.75) is 13.3 Å². The molecular weight excluding hydrogens is 282 g/mol. The van der Waals surface area contributed by atoms with E-state index in [4.69, 9.17) is 0 Å². The Morgan fingerprint density at radius 3 is 3.00 bits per heavy atom. The molecule has 0 fully saturated rings. The summed E-state index contributed by atoms with van der Waals surface area (Å²) in [6.45, 7) is 2.54. The van der Waals surface area contributed by atoms with Crippen LogP contribution in [0.4, 0.5) is 11.5 Å². The molecule has 0 aromatic carbocycles. The molecule has 3 rings (SSSR count). The van der Waals surface area contributed by atoms with Gasteiger partial charge < -0.3 is 9.72 Å². The van der Waals surface area contributed by atoms with Gasteiger partial charge in [-0.25, -0.2) is 9.97 Å². The summed E-state index contributed by atoms with van der Waals surface area (Å²) in [5.41, 5.74) is 2.96. The van der Waals surface area contributed by atoms with Gasteiger partial charge in [0, 0.05) is 37.6 Å². The highest BCUT2D eigenvalue weighted by atomic mass is 16.6. The lowest BCUT2D eigenvalue weighted by molar-refractivity contribution is -0.384. The SMILES string of the molecule is Cc1cccn2cc(CCNc3ncccc3[N+](=O)[O-])nc12. The number of nitrogens with one attached hydrogen (secondary N) is 1. The lowest BCUT2D eigenvalue weighted by atomic mass is 10.3. The first kappa shape index (κ1) is 14.0. The van der Waals surface area contributed by atoms with Gasteiger partial charge in [-0.05, 0) is 24.6 Å². The third kappa shape index (κ3) is 2.73. The normalized spacial score (nSPS) is 10.8. The predicted octanol–water partition coefficient (Wildman–Crippen LogP) is 2.60. The zero-order valence-electron chi connectivity index (χ0n) is 12.1. The van der Waals surface area contributed by atoms with Gasteiger partial charge in [-0.1, -0.05) is 6.07 Å². The van der Waals surface area contributed by atoms with Gasteiger partial charge >= 0.3 is 5.69 Å². The van der Waals surface area contributed by atoms with Gasteiger partial charge in [-0.3, -0.25) is 10.1 Å². The Morgan fingerprint density at radius 2 is 2.23 bits per heavy atom. The number of aromatic nitrogens is 3. The number of hydrogen-bond acceptors (Lipinski definition) is 5. The fourth-order valence-electron chi connectivity index (χ4n) is 2.31. The van der Waals surface area contributed by atoms with Crippen molar-refractivity contribution in [1.29, 1.82) is 0 Å². The van der Waals surface area contributed by atoms with Crippen molar-refractivity contribution in [1.82, 2.24) is 14.4 Å². The first-order valence-electron chi connectivity index (χ1n) is 6.91. The van der Waals surface area contributed by atoms with E-state index < -0.39 is 4.92 Å². The summed E-state index contributed by atoms with van der Waals surface area (Å²) in [7, 11) is 0. The molecule has 0 bridgehead atoms. The van der Waals surface area contributed by atoms with E-state index in [1.807, 2.05) is 35.9 Å². The zero-order chi connectivity index (χ0) is 15.5. The number of rotatable bonds is 5. The third-order valence-electron chi connectivity index (χ3n) is 3.38. The second kappa shape index (κ2) is 5.80. The van der Waals surface area contributed by atoms with Crippen LogP contribution in [0.1, 0.15) is 11.3 Å². The second-order valence-electron chi connectivity index (χ2n) is 4.96. The van der Waals surface area contributed by atoms with Gasteiger partial charge in [0.15, 0.2) is 0 Å². The Morgan fingerprint density at radius 1 is 1.36 bits per heavy atom. The van der Waals surface area contributed by atoms with Crippen molar-refractivity contribution in [3.05, 3.63) is 64.2 Å². The van der Waals surface area contributed by atoms with Gasteiger partial charge in [0.25, 0.3) is 0 Å². The smallest absolute Gasteiger partial charge is 0.311 e. The number of anilines is 1. The first-order valence-corrected chi connectivity index (χ1v) is 6.91. The molecule has 0 atom stereocenters. The van der Waals surface area contributed by atoms with E-state index in [9.17, 15) is 10.1 Å². The number of nitrogens with zero attached hydrogens (tertiary/aromatic N) is 4. The maximum atomic E-state index is 10.9. The van der Waals surface area contributed by atoms with E-state index in [1.165, 1.54) is 12.3 Å². The zero-order valence-corrected chi connectivity index (χ0v) is 12.1. The van der Waals surface area contributed by atoms with E-state index in [2.05, 4.69) is 15.3 Å². The molecule has 0 amide bonds. The Hall–Kier alpha value is -2.96. The molecule has 0 saturated carbocycles. The monoisotopic (exact) mass is 297 g/mol. The first-order chi connectivity index (χ1) is 10.6. The van der Waals surface area contributed by atoms with Crippen molar-refractivity contribution < 1.29 is 4.92 Å². The van der Waals surface area contributed by atoms with Gasteiger partial charge in [0.05, 0.1) is 10.6 Å². The van der Waals surface area contributed by atoms with E-state index in [1.54, 1.807) is 6.07 Å². The fraction of sp³-hybridized carbons (Fsp3) is 0.200. The maximum absolute atomic E-state index is 10.9. The largest absolute Gasteiger partial charge is 0.364 e. The molecule has 1 N–H and O–H groups in total. The van der Waals surface area contributed by atoms with Gasteiger partial charge in [-0.15, -0.1) is 0 Å². The molecule has 0 radical (unpaired) electrons. The molecule has 0 spiro atoms. The highest BCUT2D eigenvalue weighted by Gasteiger charge is 2.13. The number of pyridine rings is 2. The van der Waals surface area contributed by atoms with E-state index in [-0.39, 0.29) is 11.5 Å². The van der Waals surface area contributed by atoms with Gasteiger partial charge in [0.1, 0.15) is 5.65 Å². The highest BCUT2D eigenvalue weighted by molar-refractivity contribution is 5.55. The Balaban J connectivity index is 1.70. The molecule has 7 nitrogen and oxygen atoms in total. The predicted molar refractivity (Wildman–Crippen MR) is 83.0 cm³/mol. The van der Waals surface area contributed by atoms with Crippen LogP contribution in [0.25, 0.3) is 5.65 Å². The van der Waals surface area contributed by atoms with Crippen LogP contribution in [-0.4, -0.2) is 25.8 Å². The molecule has 0 unspecified atom stereocenters. The van der Waals surface area contributed by atoms with Crippen LogP contribution >= 0.6 is 0 Å². The highest BCUT2D eigenvalue weighted by Crippen LogP contribution is 2.20. The number of aryl methyl sites for hydroxylation is 1. The molecular formula is C15H15N5O2. The van der Waals surface area contributed by atoms with Crippen LogP contribution in [-0.2, 0) is 6.42 Å². The summed E-state index contributed by atoms with van der Waals surface area (Å²) >= 11 is 0. The van der Waals surface area contributed by atoms with Crippen LogP contribution in [0.5, 0.6) is 0 Å². The topological polar surface area (TPSA) is 85.4 Å². The van der Waals surface area contributed by atoms with E-state index >= 15 is 0 Å². The van der Waals surface area contributed by atoms with Crippen LogP contribution in [0.3, 0.4) is 0 Å². The molecule has 0 aliphatic carbocycles. The van der Waals surface area contributed by atoms with Crippen LogP contribution in [0.15, 0.2) is 42.9 Å². The van der Waals surface area contributed by atoms with E-state index in [0.29, 0.717) is 13.0 Å². The Kier molecular flexibility index (Phi) is 3.69. The maximum Gasteiger partial charge on any atom is 0.311 e. The number of imidazole rings is 1. The van der Waals surface area contributed by atoms with Crippen LogP contribution in [0, 0.1) is 17.0 Å². The summed E-state index contributed by atoms with van der Waals surface area (Å²) in [5.74, 6) is 0.285.